The number of carbonyl (C=O) groups is 2. The van der Waals surface area contributed by atoms with Gasteiger partial charge in [0, 0.05) is 25.2 Å². The van der Waals surface area contributed by atoms with Crippen LogP contribution in [0, 0.1) is 0 Å². The fraction of sp³-hybridized carbons (Fsp3) is 0.600. The van der Waals surface area contributed by atoms with Gasteiger partial charge >= 0.3 is 12.0 Å². The summed E-state index contributed by atoms with van der Waals surface area (Å²) in [6, 6.07) is 2.26. The third-order valence-corrected chi connectivity index (χ3v) is 4.93. The average molecular weight is 308 g/mol. The molecule has 0 bridgehead atoms. The quantitative estimate of drug-likeness (QED) is 0.910. The Morgan fingerprint density at radius 2 is 2.19 bits per heavy atom. The monoisotopic (exact) mass is 308 g/mol. The summed E-state index contributed by atoms with van der Waals surface area (Å²) in [6.07, 6.45) is 3.89. The number of likely N-dealkylation sites (tertiary alicyclic amines) is 1. The summed E-state index contributed by atoms with van der Waals surface area (Å²) in [5, 5.41) is 13.1. The van der Waals surface area contributed by atoms with E-state index in [-0.39, 0.29) is 18.5 Å². The summed E-state index contributed by atoms with van der Waals surface area (Å²) in [6.45, 7) is 1.33. The molecular weight excluding hydrogens is 288 g/mol. The first kappa shape index (κ1) is 14.4. The number of amides is 2. The standard InChI is InChI=1S/C15H20N2O3S/c18-14(19)8-13-2-1-6-16(13)15(20)17(12-3-4-12)9-11-5-7-21-10-11/h5,7,10,12-13H,1-4,6,8-9H2,(H,18,19). The molecule has 1 aromatic rings. The number of rotatable bonds is 5. The van der Waals surface area contributed by atoms with Gasteiger partial charge < -0.3 is 14.9 Å². The van der Waals surface area contributed by atoms with Gasteiger partial charge in [0.15, 0.2) is 0 Å². The Morgan fingerprint density at radius 1 is 1.38 bits per heavy atom. The van der Waals surface area contributed by atoms with Crippen LogP contribution in [0.15, 0.2) is 16.8 Å². The predicted octanol–water partition coefficient (Wildman–Crippen LogP) is 2.77. The van der Waals surface area contributed by atoms with Crippen molar-refractivity contribution in [1.82, 2.24) is 9.80 Å². The zero-order valence-electron chi connectivity index (χ0n) is 11.9. The summed E-state index contributed by atoms with van der Waals surface area (Å²) in [5.74, 6) is -0.824. The summed E-state index contributed by atoms with van der Waals surface area (Å²) < 4.78 is 0. The normalized spacial score (nSPS) is 21.5. The topological polar surface area (TPSA) is 60.9 Å². The molecule has 114 valence electrons. The van der Waals surface area contributed by atoms with Crippen LogP contribution < -0.4 is 0 Å². The highest BCUT2D eigenvalue weighted by molar-refractivity contribution is 7.07. The summed E-state index contributed by atoms with van der Waals surface area (Å²) in [7, 11) is 0. The van der Waals surface area contributed by atoms with Crippen LogP contribution in [0.5, 0.6) is 0 Å². The Labute approximate surface area is 128 Å². The van der Waals surface area contributed by atoms with Crippen molar-refractivity contribution in [2.24, 2.45) is 0 Å². The van der Waals surface area contributed by atoms with Crippen molar-refractivity contribution in [3.05, 3.63) is 22.4 Å². The van der Waals surface area contributed by atoms with E-state index in [9.17, 15) is 9.59 Å². The summed E-state index contributed by atoms with van der Waals surface area (Å²) in [5.41, 5.74) is 1.16. The molecule has 2 heterocycles. The van der Waals surface area contributed by atoms with Crippen molar-refractivity contribution in [1.29, 1.82) is 0 Å². The number of carboxylic acid groups (broad SMARTS) is 1. The Bertz CT molecular complexity index is 513. The van der Waals surface area contributed by atoms with Gasteiger partial charge in [-0.2, -0.15) is 11.3 Å². The van der Waals surface area contributed by atoms with Crippen LogP contribution in [-0.2, 0) is 11.3 Å². The fourth-order valence-electron chi connectivity index (χ4n) is 2.98. The van der Waals surface area contributed by atoms with E-state index in [1.54, 1.807) is 16.2 Å². The largest absolute Gasteiger partial charge is 0.481 e. The molecule has 1 saturated carbocycles. The summed E-state index contributed by atoms with van der Waals surface area (Å²) >= 11 is 1.64. The number of aliphatic carboxylic acids is 1. The maximum atomic E-state index is 12.8. The van der Waals surface area contributed by atoms with Gasteiger partial charge in [-0.1, -0.05) is 0 Å². The van der Waals surface area contributed by atoms with Crippen molar-refractivity contribution in [3.8, 4) is 0 Å². The smallest absolute Gasteiger partial charge is 0.320 e. The zero-order chi connectivity index (χ0) is 14.8. The predicted molar refractivity (Wildman–Crippen MR) is 80.3 cm³/mol. The molecule has 3 rings (SSSR count). The van der Waals surface area contributed by atoms with E-state index in [2.05, 4.69) is 5.38 Å². The number of nitrogens with zero attached hydrogens (tertiary/aromatic N) is 2. The Kier molecular flexibility index (Phi) is 4.14. The van der Waals surface area contributed by atoms with Gasteiger partial charge in [-0.3, -0.25) is 4.79 Å². The molecule has 1 aliphatic heterocycles. The zero-order valence-corrected chi connectivity index (χ0v) is 12.7. The molecule has 2 fully saturated rings. The SMILES string of the molecule is O=C(O)CC1CCCN1C(=O)N(Cc1ccsc1)C1CC1. The number of hydrogen-bond donors (Lipinski definition) is 1. The summed E-state index contributed by atoms with van der Waals surface area (Å²) in [4.78, 5) is 27.5. The van der Waals surface area contributed by atoms with E-state index in [4.69, 9.17) is 5.11 Å². The van der Waals surface area contributed by atoms with Crippen LogP contribution in [0.4, 0.5) is 4.79 Å². The molecule has 5 nitrogen and oxygen atoms in total. The maximum Gasteiger partial charge on any atom is 0.320 e. The average Bonchev–Trinajstić information content (AvgIpc) is 2.97. The molecule has 21 heavy (non-hydrogen) atoms. The Hall–Kier alpha value is -1.56. The molecule has 2 aliphatic rings. The minimum Gasteiger partial charge on any atom is -0.481 e. The van der Waals surface area contributed by atoms with E-state index >= 15 is 0 Å². The van der Waals surface area contributed by atoms with Crippen LogP contribution in [0.25, 0.3) is 0 Å². The first-order chi connectivity index (χ1) is 10.1. The highest BCUT2D eigenvalue weighted by Crippen LogP contribution is 2.32. The van der Waals surface area contributed by atoms with Gasteiger partial charge in [0.1, 0.15) is 0 Å². The van der Waals surface area contributed by atoms with Gasteiger partial charge in [0.25, 0.3) is 0 Å². The van der Waals surface area contributed by atoms with Gasteiger partial charge in [0.05, 0.1) is 6.42 Å². The van der Waals surface area contributed by atoms with E-state index in [1.807, 2.05) is 16.3 Å². The molecule has 0 spiro atoms. The highest BCUT2D eigenvalue weighted by Gasteiger charge is 2.39. The number of thiophene rings is 1. The molecule has 1 saturated heterocycles. The maximum absolute atomic E-state index is 12.8. The minimum absolute atomic E-state index is 0.0208. The molecule has 1 aromatic heterocycles. The minimum atomic E-state index is -0.824. The molecule has 1 unspecified atom stereocenters. The number of hydrogen-bond acceptors (Lipinski definition) is 3. The lowest BCUT2D eigenvalue weighted by Crippen LogP contribution is -2.46. The number of carboxylic acids is 1. The van der Waals surface area contributed by atoms with Crippen LogP contribution in [0.1, 0.15) is 37.7 Å². The highest BCUT2D eigenvalue weighted by atomic mass is 32.1. The fourth-order valence-corrected chi connectivity index (χ4v) is 3.64. The first-order valence-corrected chi connectivity index (χ1v) is 8.39. The Balaban J connectivity index is 1.70. The Morgan fingerprint density at radius 3 is 2.81 bits per heavy atom. The van der Waals surface area contributed by atoms with Crippen LogP contribution in [0.2, 0.25) is 0 Å². The third-order valence-electron chi connectivity index (χ3n) is 4.20. The van der Waals surface area contributed by atoms with E-state index < -0.39 is 5.97 Å². The van der Waals surface area contributed by atoms with Crippen LogP contribution >= 0.6 is 11.3 Å². The van der Waals surface area contributed by atoms with Crippen molar-refractivity contribution >= 4 is 23.3 Å². The molecule has 0 aromatic carbocycles. The lowest BCUT2D eigenvalue weighted by Gasteiger charge is -2.31. The molecule has 6 heteroatoms. The van der Waals surface area contributed by atoms with Gasteiger partial charge in [-0.05, 0) is 48.1 Å². The first-order valence-electron chi connectivity index (χ1n) is 7.45. The van der Waals surface area contributed by atoms with Gasteiger partial charge in [0.2, 0.25) is 0 Å². The third kappa shape index (κ3) is 3.37. The number of carbonyl (C=O) groups excluding carboxylic acids is 1. The molecule has 1 atom stereocenters. The van der Waals surface area contributed by atoms with Gasteiger partial charge in [-0.15, -0.1) is 0 Å². The lowest BCUT2D eigenvalue weighted by atomic mass is 10.1. The second-order valence-electron chi connectivity index (χ2n) is 5.86. The molecule has 1 N–H and O–H groups in total. The van der Waals surface area contributed by atoms with E-state index in [1.165, 1.54) is 0 Å². The van der Waals surface area contributed by atoms with E-state index in [0.29, 0.717) is 19.1 Å². The van der Waals surface area contributed by atoms with E-state index in [0.717, 1.165) is 31.2 Å². The molecule has 0 radical (unpaired) electrons. The van der Waals surface area contributed by atoms with Crippen molar-refractivity contribution in [2.75, 3.05) is 6.54 Å². The second-order valence-corrected chi connectivity index (χ2v) is 6.64. The van der Waals surface area contributed by atoms with Crippen molar-refractivity contribution in [3.63, 3.8) is 0 Å². The number of urea groups is 1. The molecular formula is C15H20N2O3S. The molecule has 1 aliphatic carbocycles. The van der Waals surface area contributed by atoms with Crippen LogP contribution in [-0.4, -0.2) is 45.5 Å². The van der Waals surface area contributed by atoms with Gasteiger partial charge in [-0.25, -0.2) is 4.79 Å². The van der Waals surface area contributed by atoms with Crippen LogP contribution in [0.3, 0.4) is 0 Å². The second kappa shape index (κ2) is 6.05. The molecule has 2 amide bonds. The van der Waals surface area contributed by atoms with Crippen molar-refractivity contribution < 1.29 is 14.7 Å². The van der Waals surface area contributed by atoms with Crippen molar-refractivity contribution in [2.45, 2.75) is 50.7 Å². The lowest BCUT2D eigenvalue weighted by molar-refractivity contribution is -0.138.